The lowest BCUT2D eigenvalue weighted by Gasteiger charge is -2.28. The van der Waals surface area contributed by atoms with Crippen LogP contribution in [0.15, 0.2) is 11.4 Å². The number of piperidine rings is 1. The number of primary amides is 1. The average molecular weight is 353 g/mol. The number of carbonyl (C=O) groups excluding carboxylic acids is 3. The number of urea groups is 1. The van der Waals surface area contributed by atoms with E-state index in [4.69, 9.17) is 15.2 Å². The number of nitrogens with zero attached hydrogens (tertiary/aromatic N) is 4. The molecule has 2 aliphatic rings. The van der Waals surface area contributed by atoms with E-state index in [0.717, 1.165) is 16.7 Å². The van der Waals surface area contributed by atoms with E-state index in [-0.39, 0.29) is 17.4 Å². The van der Waals surface area contributed by atoms with E-state index < -0.39 is 17.7 Å². The van der Waals surface area contributed by atoms with Gasteiger partial charge in [0.15, 0.2) is 0 Å². The minimum Gasteiger partial charge on any atom is -0.479 e. The summed E-state index contributed by atoms with van der Waals surface area (Å²) in [5.74, 6) is 0.272. The number of carbonyl (C=O) groups is 3. The van der Waals surface area contributed by atoms with Crippen molar-refractivity contribution in [1.29, 1.82) is 0 Å². The highest BCUT2D eigenvalue weighted by molar-refractivity contribution is 8.00. The number of hydrogen-bond acceptors (Lipinski definition) is 8. The number of methoxy groups -OCH3 is 1. The highest BCUT2D eigenvalue weighted by Gasteiger charge is 2.41. The predicted molar refractivity (Wildman–Crippen MR) is 82.6 cm³/mol. The number of fused-ring (bicyclic) bond motifs is 1. The molecule has 1 fully saturated rings. The molecule has 1 aromatic heterocycles. The van der Waals surface area contributed by atoms with E-state index in [1.54, 1.807) is 0 Å². The molecule has 0 spiro atoms. The molecule has 1 atom stereocenters. The van der Waals surface area contributed by atoms with Gasteiger partial charge in [-0.1, -0.05) is 0 Å². The SMILES string of the molecule is COc1ncnc2c1N(C(N)=O)C(OC(=O)N1CCC(=O)CC1)S2. The second-order valence-electron chi connectivity index (χ2n) is 5.08. The molecule has 0 aromatic carbocycles. The molecule has 24 heavy (non-hydrogen) atoms. The Morgan fingerprint density at radius 3 is 2.67 bits per heavy atom. The molecular formula is C13H15N5O5S. The number of rotatable bonds is 2. The van der Waals surface area contributed by atoms with Crippen LogP contribution in [0.3, 0.4) is 0 Å². The van der Waals surface area contributed by atoms with Crippen molar-refractivity contribution in [3.05, 3.63) is 6.33 Å². The lowest BCUT2D eigenvalue weighted by Crippen LogP contribution is -2.46. The van der Waals surface area contributed by atoms with Crippen molar-refractivity contribution in [2.75, 3.05) is 25.1 Å². The number of ether oxygens (including phenoxy) is 2. The monoisotopic (exact) mass is 353 g/mol. The van der Waals surface area contributed by atoms with Gasteiger partial charge in [-0.2, -0.15) is 4.98 Å². The topological polar surface area (TPSA) is 128 Å². The number of likely N-dealkylation sites (tertiary alicyclic amines) is 1. The Morgan fingerprint density at radius 2 is 2.04 bits per heavy atom. The van der Waals surface area contributed by atoms with Gasteiger partial charge in [0.05, 0.1) is 7.11 Å². The van der Waals surface area contributed by atoms with Gasteiger partial charge in [-0.3, -0.25) is 4.79 Å². The molecule has 0 aliphatic carbocycles. The lowest BCUT2D eigenvalue weighted by molar-refractivity contribution is -0.121. The number of Topliss-reactive ketones (excluding diaryl/α,β-unsaturated/α-hetero) is 1. The van der Waals surface area contributed by atoms with Crippen molar-refractivity contribution in [2.45, 2.75) is 23.4 Å². The van der Waals surface area contributed by atoms with Crippen LogP contribution in [0.1, 0.15) is 12.8 Å². The number of amides is 3. The minimum atomic E-state index is -1.01. The number of anilines is 1. The van der Waals surface area contributed by atoms with Crippen molar-refractivity contribution in [3.63, 3.8) is 0 Å². The maximum absolute atomic E-state index is 12.3. The lowest BCUT2D eigenvalue weighted by atomic mass is 10.1. The Kier molecular flexibility index (Phi) is 4.42. The van der Waals surface area contributed by atoms with Crippen molar-refractivity contribution in [2.24, 2.45) is 5.73 Å². The molecule has 11 heteroatoms. The second-order valence-corrected chi connectivity index (χ2v) is 6.10. The molecule has 10 nitrogen and oxygen atoms in total. The molecule has 1 unspecified atom stereocenters. The third-order valence-electron chi connectivity index (χ3n) is 3.63. The Bertz CT molecular complexity index is 689. The third-order valence-corrected chi connectivity index (χ3v) is 4.66. The Labute approximate surface area is 141 Å². The zero-order valence-electron chi connectivity index (χ0n) is 12.8. The number of hydrogen-bond donors (Lipinski definition) is 1. The standard InChI is InChI=1S/C13H15N5O5S/c1-22-9-8-10(16-6-15-9)24-13(18(8)11(14)20)23-12(21)17-4-2-7(19)3-5-17/h6,13H,2-5H2,1H3,(H2,14,20). The van der Waals surface area contributed by atoms with Crippen molar-refractivity contribution in [1.82, 2.24) is 14.9 Å². The number of nitrogens with two attached hydrogens (primary N) is 1. The van der Waals surface area contributed by atoms with Crippen LogP contribution in [0.5, 0.6) is 5.88 Å². The van der Waals surface area contributed by atoms with E-state index >= 15 is 0 Å². The van der Waals surface area contributed by atoms with Crippen LogP contribution < -0.4 is 15.4 Å². The van der Waals surface area contributed by atoms with E-state index in [0.29, 0.717) is 31.0 Å². The van der Waals surface area contributed by atoms with Crippen LogP contribution in [0.2, 0.25) is 0 Å². The molecule has 1 saturated heterocycles. The van der Waals surface area contributed by atoms with Gasteiger partial charge in [-0.05, 0) is 11.8 Å². The van der Waals surface area contributed by atoms with E-state index in [9.17, 15) is 14.4 Å². The summed E-state index contributed by atoms with van der Waals surface area (Å²) in [6.07, 6.45) is 1.26. The van der Waals surface area contributed by atoms with Gasteiger partial charge < -0.3 is 20.1 Å². The fraction of sp³-hybridized carbons (Fsp3) is 0.462. The molecule has 3 amide bonds. The molecule has 0 bridgehead atoms. The van der Waals surface area contributed by atoms with Crippen LogP contribution in [0.4, 0.5) is 15.3 Å². The minimum absolute atomic E-state index is 0.112. The fourth-order valence-corrected chi connectivity index (χ4v) is 3.47. The van der Waals surface area contributed by atoms with Gasteiger partial charge in [0.25, 0.3) is 0 Å². The van der Waals surface area contributed by atoms with E-state index in [1.807, 2.05) is 0 Å². The zero-order chi connectivity index (χ0) is 17.3. The molecule has 3 rings (SSSR count). The normalized spacial score (nSPS) is 19.9. The van der Waals surface area contributed by atoms with E-state index in [1.165, 1.54) is 18.3 Å². The summed E-state index contributed by atoms with van der Waals surface area (Å²) >= 11 is 1.05. The summed E-state index contributed by atoms with van der Waals surface area (Å²) in [6.45, 7) is 0.587. The molecule has 3 heterocycles. The number of ketones is 1. The van der Waals surface area contributed by atoms with Crippen molar-refractivity contribution in [3.8, 4) is 5.88 Å². The first-order chi connectivity index (χ1) is 11.5. The Morgan fingerprint density at radius 1 is 1.33 bits per heavy atom. The summed E-state index contributed by atoms with van der Waals surface area (Å²) in [5, 5.41) is 0.423. The first-order valence-electron chi connectivity index (χ1n) is 7.13. The van der Waals surface area contributed by atoms with Crippen LogP contribution in [-0.4, -0.2) is 58.5 Å². The average Bonchev–Trinajstić information content (AvgIpc) is 2.93. The first kappa shape index (κ1) is 16.3. The van der Waals surface area contributed by atoms with Gasteiger partial charge >= 0.3 is 12.1 Å². The molecule has 0 saturated carbocycles. The van der Waals surface area contributed by atoms with Crippen molar-refractivity contribution >= 4 is 35.4 Å². The predicted octanol–water partition coefficient (Wildman–Crippen LogP) is 0.561. The maximum atomic E-state index is 12.3. The summed E-state index contributed by atoms with van der Waals surface area (Å²) in [6, 6.07) is -0.819. The maximum Gasteiger partial charge on any atom is 0.412 e. The Hall–Kier alpha value is -2.56. The van der Waals surface area contributed by atoms with Crippen LogP contribution in [-0.2, 0) is 9.53 Å². The highest BCUT2D eigenvalue weighted by Crippen LogP contribution is 2.46. The van der Waals surface area contributed by atoms with Crippen LogP contribution in [0, 0.1) is 0 Å². The summed E-state index contributed by atoms with van der Waals surface area (Å²) in [7, 11) is 1.40. The molecule has 2 aliphatic heterocycles. The first-order valence-corrected chi connectivity index (χ1v) is 8.00. The highest BCUT2D eigenvalue weighted by atomic mass is 32.2. The number of thioether (sulfide) groups is 1. The Balaban J connectivity index is 1.78. The van der Waals surface area contributed by atoms with Crippen molar-refractivity contribution < 1.29 is 23.9 Å². The molecule has 2 N–H and O–H groups in total. The number of aromatic nitrogens is 2. The molecule has 0 radical (unpaired) electrons. The van der Waals surface area contributed by atoms with Crippen LogP contribution in [0.25, 0.3) is 0 Å². The summed E-state index contributed by atoms with van der Waals surface area (Å²) in [4.78, 5) is 45.8. The molecule has 128 valence electrons. The third kappa shape index (κ3) is 2.94. The largest absolute Gasteiger partial charge is 0.479 e. The quantitative estimate of drug-likeness (QED) is 0.764. The smallest absolute Gasteiger partial charge is 0.412 e. The summed E-state index contributed by atoms with van der Waals surface area (Å²) in [5.41, 5.74) is 4.67. The molecular weight excluding hydrogens is 338 g/mol. The van der Waals surface area contributed by atoms with Gasteiger partial charge in [0.2, 0.25) is 11.4 Å². The molecule has 1 aromatic rings. The summed E-state index contributed by atoms with van der Waals surface area (Å²) < 4.78 is 10.5. The second kappa shape index (κ2) is 6.51. The zero-order valence-corrected chi connectivity index (χ0v) is 13.6. The van der Waals surface area contributed by atoms with Crippen LogP contribution >= 0.6 is 11.8 Å². The fourth-order valence-electron chi connectivity index (χ4n) is 2.43. The van der Waals surface area contributed by atoms with E-state index in [2.05, 4.69) is 9.97 Å². The van der Waals surface area contributed by atoms with Gasteiger partial charge in [0, 0.05) is 25.9 Å². The van der Waals surface area contributed by atoms with Gasteiger partial charge in [0.1, 0.15) is 22.8 Å². The van der Waals surface area contributed by atoms with Gasteiger partial charge in [-0.25, -0.2) is 19.5 Å². The van der Waals surface area contributed by atoms with Gasteiger partial charge in [-0.15, -0.1) is 0 Å².